The summed E-state index contributed by atoms with van der Waals surface area (Å²) in [4.78, 5) is 2.45. The van der Waals surface area contributed by atoms with E-state index in [1.54, 1.807) is 0 Å². The molecule has 5 heteroatoms. The van der Waals surface area contributed by atoms with Crippen molar-refractivity contribution in [1.82, 2.24) is 19.9 Å². The number of hydrogen-bond donors (Lipinski definition) is 1. The Balaban J connectivity index is 1.03. The normalized spacial score (nSPS) is 17.0. The van der Waals surface area contributed by atoms with Gasteiger partial charge in [0.25, 0.3) is 0 Å². The molecule has 0 aliphatic carbocycles. The van der Waals surface area contributed by atoms with Crippen molar-refractivity contribution in [2.45, 2.75) is 18.9 Å². The Morgan fingerprint density at radius 3 is 1.96 bits per heavy atom. The molecule has 7 aromatic carbocycles. The van der Waals surface area contributed by atoms with E-state index in [0.29, 0.717) is 0 Å². The zero-order chi connectivity index (χ0) is 33.9. The molecule has 1 saturated heterocycles. The van der Waals surface area contributed by atoms with Gasteiger partial charge in [-0.1, -0.05) is 133 Å². The SMILES string of the molecule is CN1C(c2ccc(-c3ccccc3)cc2)NN(Cc2ccccc2)C1c1ccc(-n2c3ccccc3c3cc4c(cc32)sc2ccccc24)cc1. The quantitative estimate of drug-likeness (QED) is 0.190. The maximum absolute atomic E-state index is 3.89. The van der Waals surface area contributed by atoms with Crippen molar-refractivity contribution >= 4 is 53.3 Å². The number of fused-ring (bicyclic) bond motifs is 6. The van der Waals surface area contributed by atoms with E-state index in [1.165, 1.54) is 75.5 Å². The number of hydrogen-bond acceptors (Lipinski definition) is 4. The zero-order valence-electron chi connectivity index (χ0n) is 28.3. The van der Waals surface area contributed by atoms with Crippen LogP contribution in [0, 0.1) is 0 Å². The maximum atomic E-state index is 3.89. The number of nitrogens with zero attached hydrogens (tertiary/aromatic N) is 3. The van der Waals surface area contributed by atoms with E-state index >= 15 is 0 Å². The lowest BCUT2D eigenvalue weighted by molar-refractivity contribution is 0.123. The topological polar surface area (TPSA) is 23.4 Å². The first-order valence-electron chi connectivity index (χ1n) is 17.6. The number of thiophene rings is 1. The lowest BCUT2D eigenvalue weighted by Crippen LogP contribution is -2.33. The lowest BCUT2D eigenvalue weighted by Gasteiger charge is -2.28. The highest BCUT2D eigenvalue weighted by molar-refractivity contribution is 7.25. The summed E-state index contributed by atoms with van der Waals surface area (Å²) in [7, 11) is 2.23. The van der Waals surface area contributed by atoms with Crippen molar-refractivity contribution in [2.75, 3.05) is 7.05 Å². The van der Waals surface area contributed by atoms with Gasteiger partial charge < -0.3 is 4.57 Å². The van der Waals surface area contributed by atoms with Crippen LogP contribution in [-0.4, -0.2) is 21.5 Å². The minimum absolute atomic E-state index is 0.0317. The minimum Gasteiger partial charge on any atom is -0.309 e. The van der Waals surface area contributed by atoms with Gasteiger partial charge in [-0.3, -0.25) is 4.90 Å². The number of para-hydroxylation sites is 1. The van der Waals surface area contributed by atoms with Gasteiger partial charge in [-0.2, -0.15) is 0 Å². The zero-order valence-corrected chi connectivity index (χ0v) is 29.1. The van der Waals surface area contributed by atoms with Gasteiger partial charge in [0.15, 0.2) is 0 Å². The Morgan fingerprint density at radius 1 is 0.529 bits per heavy atom. The van der Waals surface area contributed by atoms with Crippen LogP contribution in [-0.2, 0) is 6.54 Å². The standard InChI is InChI=1S/C46H36N4S/c1-48-45(34-22-20-33(21-23-34)32-14-6-3-7-15-32)47-49(30-31-12-4-2-5-13-31)46(48)35-24-26-36(27-25-35)50-41-18-10-8-16-37(41)39-28-40-38-17-9-11-19-43(38)51-44(40)29-42(39)50/h2-29,45-47H,30H2,1H3. The number of aromatic nitrogens is 1. The second-order valence-electron chi connectivity index (χ2n) is 13.6. The van der Waals surface area contributed by atoms with Crippen LogP contribution in [0.3, 0.4) is 0 Å². The number of hydrazine groups is 1. The summed E-state index contributed by atoms with van der Waals surface area (Å²) in [6.07, 6.45) is 0.0682. The van der Waals surface area contributed by atoms with Gasteiger partial charge in [0, 0.05) is 43.2 Å². The van der Waals surface area contributed by atoms with E-state index in [0.717, 1.165) is 6.54 Å². The Kier molecular flexibility index (Phi) is 7.33. The van der Waals surface area contributed by atoms with Crippen LogP contribution in [0.25, 0.3) is 58.8 Å². The van der Waals surface area contributed by atoms with Gasteiger partial charge >= 0.3 is 0 Å². The van der Waals surface area contributed by atoms with Crippen LogP contribution in [0.5, 0.6) is 0 Å². The highest BCUT2D eigenvalue weighted by Gasteiger charge is 2.38. The summed E-state index contributed by atoms with van der Waals surface area (Å²) in [5.74, 6) is 0. The predicted molar refractivity (Wildman–Crippen MR) is 214 cm³/mol. The number of nitrogens with one attached hydrogen (secondary N) is 1. The first-order valence-corrected chi connectivity index (χ1v) is 18.4. The molecule has 1 fully saturated rings. The molecule has 2 atom stereocenters. The van der Waals surface area contributed by atoms with Crippen LogP contribution in [0.15, 0.2) is 170 Å². The molecule has 1 N–H and O–H groups in total. The average Bonchev–Trinajstić information content (AvgIpc) is 3.83. The molecule has 0 bridgehead atoms. The maximum Gasteiger partial charge on any atom is 0.103 e. The Labute approximate surface area is 301 Å². The van der Waals surface area contributed by atoms with Gasteiger partial charge in [-0.15, -0.1) is 11.3 Å². The first-order chi connectivity index (χ1) is 25.2. The Morgan fingerprint density at radius 2 is 1.18 bits per heavy atom. The van der Waals surface area contributed by atoms with Crippen LogP contribution in [0.4, 0.5) is 0 Å². The first kappa shape index (κ1) is 30.3. The van der Waals surface area contributed by atoms with Crippen molar-refractivity contribution in [3.05, 3.63) is 187 Å². The highest BCUT2D eigenvalue weighted by Crippen LogP contribution is 2.42. The van der Waals surface area contributed by atoms with E-state index in [9.17, 15) is 0 Å². The summed E-state index contributed by atoms with van der Waals surface area (Å²) in [6, 6.07) is 61.9. The second kappa shape index (κ2) is 12.3. The van der Waals surface area contributed by atoms with E-state index < -0.39 is 0 Å². The summed E-state index contributed by atoms with van der Waals surface area (Å²) < 4.78 is 5.09. The summed E-state index contributed by atoms with van der Waals surface area (Å²) in [6.45, 7) is 0.786. The molecule has 51 heavy (non-hydrogen) atoms. The van der Waals surface area contributed by atoms with Crippen molar-refractivity contribution < 1.29 is 0 Å². The number of rotatable bonds is 6. The fraction of sp³-hybridized carbons (Fsp3) is 0.0870. The van der Waals surface area contributed by atoms with Crippen LogP contribution < -0.4 is 5.43 Å². The van der Waals surface area contributed by atoms with E-state index in [4.69, 9.17) is 0 Å². The minimum atomic E-state index is 0.0317. The smallest absolute Gasteiger partial charge is 0.103 e. The summed E-state index contributed by atoms with van der Waals surface area (Å²) in [5.41, 5.74) is 13.8. The largest absolute Gasteiger partial charge is 0.309 e. The van der Waals surface area contributed by atoms with Crippen LogP contribution >= 0.6 is 11.3 Å². The fourth-order valence-electron chi connectivity index (χ4n) is 8.07. The van der Waals surface area contributed by atoms with Gasteiger partial charge in [-0.05, 0) is 71.3 Å². The van der Waals surface area contributed by atoms with Crippen LogP contribution in [0.2, 0.25) is 0 Å². The Bertz CT molecular complexity index is 2660. The third kappa shape index (κ3) is 5.17. The predicted octanol–water partition coefficient (Wildman–Crippen LogP) is 11.5. The molecular formula is C46H36N4S. The molecule has 0 amide bonds. The molecule has 2 aromatic heterocycles. The molecule has 1 aliphatic heterocycles. The average molecular weight is 677 g/mol. The van der Waals surface area contributed by atoms with Crippen molar-refractivity contribution in [3.8, 4) is 16.8 Å². The molecule has 10 rings (SSSR count). The third-order valence-corrected chi connectivity index (χ3v) is 11.7. The molecule has 4 nitrogen and oxygen atoms in total. The van der Waals surface area contributed by atoms with Gasteiger partial charge in [0.05, 0.1) is 11.0 Å². The van der Waals surface area contributed by atoms with E-state index in [-0.39, 0.29) is 12.3 Å². The molecule has 3 heterocycles. The molecule has 2 unspecified atom stereocenters. The van der Waals surface area contributed by atoms with Crippen molar-refractivity contribution in [3.63, 3.8) is 0 Å². The third-order valence-electron chi connectivity index (χ3n) is 10.5. The van der Waals surface area contributed by atoms with Crippen molar-refractivity contribution in [1.29, 1.82) is 0 Å². The molecule has 0 radical (unpaired) electrons. The molecular weight excluding hydrogens is 641 g/mol. The Hall–Kier alpha value is -5.56. The number of benzene rings is 7. The molecule has 0 spiro atoms. The highest BCUT2D eigenvalue weighted by atomic mass is 32.1. The van der Waals surface area contributed by atoms with Crippen LogP contribution in [0.1, 0.15) is 29.0 Å². The molecule has 246 valence electrons. The summed E-state index contributed by atoms with van der Waals surface area (Å²) >= 11 is 1.88. The monoisotopic (exact) mass is 676 g/mol. The van der Waals surface area contributed by atoms with Crippen molar-refractivity contribution in [2.24, 2.45) is 0 Å². The van der Waals surface area contributed by atoms with E-state index in [2.05, 4.69) is 197 Å². The lowest BCUT2D eigenvalue weighted by atomic mass is 10.0. The molecule has 9 aromatic rings. The van der Waals surface area contributed by atoms with Gasteiger partial charge in [-0.25, -0.2) is 10.4 Å². The summed E-state index contributed by atoms with van der Waals surface area (Å²) in [5, 5.41) is 7.63. The van der Waals surface area contributed by atoms with Gasteiger partial charge in [0.2, 0.25) is 0 Å². The van der Waals surface area contributed by atoms with E-state index in [1.807, 2.05) is 11.3 Å². The second-order valence-corrected chi connectivity index (χ2v) is 14.7. The fourth-order valence-corrected chi connectivity index (χ4v) is 9.19. The molecule has 1 aliphatic rings. The molecule has 0 saturated carbocycles. The van der Waals surface area contributed by atoms with Gasteiger partial charge in [0.1, 0.15) is 12.3 Å².